The molecular formula is C67H71N3O. The Morgan fingerprint density at radius 3 is 1.92 bits per heavy atom. The van der Waals surface area contributed by atoms with Crippen LogP contribution in [0.3, 0.4) is 0 Å². The topological polar surface area (TPSA) is 50.9 Å². The Balaban J connectivity index is 1.45. The quantitative estimate of drug-likeness (QED) is 0.165. The minimum atomic E-state index is -4.34. The third-order valence-corrected chi connectivity index (χ3v) is 12.5. The number of phenolic OH excluding ortho intramolecular Hbond substituents is 1. The maximum atomic E-state index is 13.2. The molecule has 0 aliphatic rings. The van der Waals surface area contributed by atoms with Gasteiger partial charge in [-0.15, -0.1) is 0 Å². The standard InChI is InChI=1S/C67H71N3O/c1-42(2)52-23-18-19-24-53(52)45-29-27-43(28-30-45)46-33-34-68-58(38-46)48-35-47(36-50(37-48)65(6,7)8)54-25-20-26-60-61(54)69-63(56-40-51(66(9,10)11)41-57(62(56)71)67(12,13)14)70(60)59-32-31-49(64(3,4)5)39-55(59)44-21-16-15-17-22-44/h15-42,71H,1-14H3/i1D3,2D3,9D3,10D3,11D3,12D3,13D3,14D3,15D,16D,17D,21D,22D,33D,38D,42D. The summed E-state index contributed by atoms with van der Waals surface area (Å²) in [6.07, 6.45) is 1.21. The lowest BCUT2D eigenvalue weighted by Gasteiger charge is -2.28. The van der Waals surface area contributed by atoms with E-state index in [0.717, 1.165) is 0 Å². The molecule has 71 heavy (non-hydrogen) atoms. The highest BCUT2D eigenvalue weighted by Gasteiger charge is 2.30. The van der Waals surface area contributed by atoms with E-state index >= 15 is 0 Å². The van der Waals surface area contributed by atoms with Crippen LogP contribution in [0.15, 0.2) is 164 Å². The number of pyridine rings is 1. The number of para-hydroxylation sites is 1. The molecule has 360 valence electrons. The van der Waals surface area contributed by atoms with Crippen molar-refractivity contribution in [2.24, 2.45) is 0 Å². The summed E-state index contributed by atoms with van der Waals surface area (Å²) >= 11 is 0. The summed E-state index contributed by atoms with van der Waals surface area (Å²) in [5.41, 5.74) is -13.2. The van der Waals surface area contributed by atoms with Gasteiger partial charge in [0.15, 0.2) is 0 Å². The molecule has 0 amide bonds. The van der Waals surface area contributed by atoms with Crippen molar-refractivity contribution in [2.75, 3.05) is 0 Å². The van der Waals surface area contributed by atoms with E-state index in [1.165, 1.54) is 77.5 Å². The molecule has 2 aromatic heterocycles. The van der Waals surface area contributed by atoms with Crippen LogP contribution in [0.4, 0.5) is 0 Å². The Labute approximate surface area is 468 Å². The summed E-state index contributed by atoms with van der Waals surface area (Å²) in [7, 11) is 0. The molecule has 0 saturated carbocycles. The third kappa shape index (κ3) is 9.74. The average molecular weight is 967 g/mol. The summed E-state index contributed by atoms with van der Waals surface area (Å²) in [5, 5.41) is 13.2. The van der Waals surface area contributed by atoms with Gasteiger partial charge < -0.3 is 5.11 Å². The first-order valence-electron chi connectivity index (χ1n) is 38.6. The second kappa shape index (κ2) is 18.3. The van der Waals surface area contributed by atoms with Crippen molar-refractivity contribution in [3.8, 4) is 78.6 Å². The largest absolute Gasteiger partial charge is 0.507 e. The monoisotopic (exact) mass is 966 g/mol. The average Bonchev–Trinajstić information content (AvgIpc) is 1.24. The van der Waals surface area contributed by atoms with Crippen LogP contribution in [0.5, 0.6) is 5.75 Å². The molecule has 2 heterocycles. The molecule has 0 aliphatic carbocycles. The van der Waals surface area contributed by atoms with E-state index in [2.05, 4.69) is 4.98 Å². The maximum Gasteiger partial charge on any atom is 0.149 e. The summed E-state index contributed by atoms with van der Waals surface area (Å²) in [6.45, 7) is -21.2. The van der Waals surface area contributed by atoms with E-state index < -0.39 is 146 Å². The summed E-state index contributed by atoms with van der Waals surface area (Å²) in [4.78, 5) is 9.69. The molecule has 4 heteroatoms. The first-order chi connectivity index (χ1) is 46.7. The molecule has 0 radical (unpaired) electrons. The van der Waals surface area contributed by atoms with Gasteiger partial charge >= 0.3 is 0 Å². The minimum absolute atomic E-state index is 0.000480. The molecule has 9 aromatic rings. The highest BCUT2D eigenvalue weighted by molar-refractivity contribution is 5.98. The number of aromatic hydroxyl groups is 1. The smallest absolute Gasteiger partial charge is 0.149 e. The van der Waals surface area contributed by atoms with Gasteiger partial charge in [-0.2, -0.15) is 0 Å². The fourth-order valence-electron chi connectivity index (χ4n) is 8.62. The fourth-order valence-corrected chi connectivity index (χ4v) is 8.62. The third-order valence-electron chi connectivity index (χ3n) is 12.5. The van der Waals surface area contributed by atoms with Crippen LogP contribution in [0, 0.1) is 0 Å². The number of aromatic nitrogens is 3. The molecule has 0 aliphatic heterocycles. The Hall–Kier alpha value is -7.04. The lowest BCUT2D eigenvalue weighted by Crippen LogP contribution is -2.17. The maximum absolute atomic E-state index is 13.2. The molecule has 0 fully saturated rings. The van der Waals surface area contributed by atoms with Gasteiger partial charge in [0, 0.05) is 62.7 Å². The van der Waals surface area contributed by atoms with Gasteiger partial charge in [-0.25, -0.2) is 4.98 Å². The second-order valence-corrected chi connectivity index (χ2v) is 19.6. The molecule has 0 atom stereocenters. The fraction of sp³-hybridized carbons (Fsp3) is 0.284. The number of hydrogen-bond acceptors (Lipinski definition) is 3. The van der Waals surface area contributed by atoms with Crippen LogP contribution < -0.4 is 0 Å². The molecule has 1 N–H and O–H groups in total. The van der Waals surface area contributed by atoms with Crippen molar-refractivity contribution in [1.29, 1.82) is 0 Å². The molecule has 4 nitrogen and oxygen atoms in total. The molecule has 9 rings (SSSR count). The van der Waals surface area contributed by atoms with Crippen molar-refractivity contribution in [3.05, 3.63) is 192 Å². The van der Waals surface area contributed by atoms with Crippen LogP contribution in [0.1, 0.15) is 174 Å². The molecule has 0 saturated heterocycles. The number of nitrogens with zero attached hydrogens (tertiary/aromatic N) is 3. The van der Waals surface area contributed by atoms with Crippen LogP contribution in [-0.4, -0.2) is 19.6 Å². The highest BCUT2D eigenvalue weighted by atomic mass is 16.3. The predicted molar refractivity (Wildman–Crippen MR) is 302 cm³/mol. The van der Waals surface area contributed by atoms with Crippen LogP contribution in [0.25, 0.3) is 83.9 Å². The zero-order chi connectivity index (χ0) is 77.8. The minimum Gasteiger partial charge on any atom is -0.507 e. The zero-order valence-electron chi connectivity index (χ0n) is 71.8. The molecule has 7 aromatic carbocycles. The second-order valence-electron chi connectivity index (χ2n) is 19.6. The normalized spacial score (nSPS) is 20.7. The first kappa shape index (κ1) is 23.5. The van der Waals surface area contributed by atoms with E-state index in [-0.39, 0.29) is 85.1 Å². The number of phenols is 1. The Morgan fingerprint density at radius 1 is 0.549 bits per heavy atom. The van der Waals surface area contributed by atoms with Gasteiger partial charge in [0.25, 0.3) is 0 Å². The van der Waals surface area contributed by atoms with E-state index in [9.17, 15) is 9.22 Å². The molecule has 0 bridgehead atoms. The van der Waals surface area contributed by atoms with Crippen molar-refractivity contribution in [1.82, 2.24) is 14.5 Å². The van der Waals surface area contributed by atoms with E-state index in [4.69, 9.17) is 44.7 Å². The summed E-state index contributed by atoms with van der Waals surface area (Å²) in [5.74, 6) is -5.41. The van der Waals surface area contributed by atoms with E-state index in [1.807, 2.05) is 20.8 Å². The molecule has 0 spiro atoms. The molecule has 0 unspecified atom stereocenters. The van der Waals surface area contributed by atoms with Crippen molar-refractivity contribution in [2.45, 2.75) is 124 Å². The number of rotatable bonds is 8. The lowest BCUT2D eigenvalue weighted by atomic mass is 9.79. The van der Waals surface area contributed by atoms with Gasteiger partial charge in [0.05, 0.1) is 37.6 Å². The van der Waals surface area contributed by atoms with Gasteiger partial charge in [0.2, 0.25) is 0 Å². The Bertz CT molecular complexity index is 4700. The van der Waals surface area contributed by atoms with Gasteiger partial charge in [-0.1, -0.05) is 205 Å². The SMILES string of the molecule is [2H]c1cnc(-c2cc(-c3cccc4c3nc(-c3cc(C(C([2H])([2H])[2H])(C([2H])([2H])[2H])C([2H])([2H])[2H])cc(C(C([2H])([2H])[2H])(C([2H])([2H])[2H])C([2H])([2H])[2H])c3O)n4-c3ccc(C(C)(C)C)cc3-c3c([2H])c([2H])c([2H])c([2H])c3[2H])cc(C(C)(C)C)c2)c([2H])c1-c1ccc(-c2ccccc2C([2H])(C([2H])([2H])[2H])C([2H])([2H])[2H])cc1. The van der Waals surface area contributed by atoms with Gasteiger partial charge in [0.1, 0.15) is 11.6 Å². The summed E-state index contributed by atoms with van der Waals surface area (Å²) in [6, 6.07) is 22.2. The number of hydrogen-bond donors (Lipinski definition) is 1. The first-order valence-corrected chi connectivity index (χ1v) is 22.6. The van der Waals surface area contributed by atoms with E-state index in [1.54, 1.807) is 57.2 Å². The van der Waals surface area contributed by atoms with Gasteiger partial charge in [-0.05, 0) is 132 Å². The van der Waals surface area contributed by atoms with Crippen LogP contribution in [0.2, 0.25) is 0 Å². The van der Waals surface area contributed by atoms with Crippen molar-refractivity contribution in [3.63, 3.8) is 0 Å². The Kier molecular flexibility index (Phi) is 6.04. The van der Waals surface area contributed by atoms with Crippen molar-refractivity contribution >= 4 is 11.0 Å². The van der Waals surface area contributed by atoms with Crippen molar-refractivity contribution < 1.29 is 49.0 Å². The number of fused-ring (bicyclic) bond motifs is 1. The molecular weight excluding hydrogens is 863 g/mol. The van der Waals surface area contributed by atoms with Crippen LogP contribution in [-0.2, 0) is 21.7 Å². The predicted octanol–water partition coefficient (Wildman–Crippen LogP) is 18.4. The number of imidazole rings is 1. The zero-order valence-corrected chi connectivity index (χ0v) is 39.8. The summed E-state index contributed by atoms with van der Waals surface area (Å²) < 4.78 is 282. The lowest BCUT2D eigenvalue weighted by molar-refractivity contribution is 0.446. The highest BCUT2D eigenvalue weighted by Crippen LogP contribution is 2.46. The Morgan fingerprint density at radius 2 is 1.21 bits per heavy atom. The van der Waals surface area contributed by atoms with Gasteiger partial charge in [-0.3, -0.25) is 9.55 Å². The number of benzene rings is 7. The van der Waals surface area contributed by atoms with E-state index in [0.29, 0.717) is 22.8 Å². The van der Waals surface area contributed by atoms with Crippen LogP contribution >= 0.6 is 0 Å².